The second-order valence-corrected chi connectivity index (χ2v) is 9.54. The van der Waals surface area contributed by atoms with Crippen molar-refractivity contribution in [2.75, 3.05) is 33.3 Å². The summed E-state index contributed by atoms with van der Waals surface area (Å²) in [5.74, 6) is 5.90. The molecule has 0 aromatic heterocycles. The number of fused-ring (bicyclic) bond motifs is 1. The molecule has 1 aromatic carbocycles. The third-order valence-electron chi connectivity index (χ3n) is 5.50. The van der Waals surface area contributed by atoms with Crippen LogP contribution in [0.5, 0.6) is 0 Å². The van der Waals surface area contributed by atoms with E-state index in [1.54, 1.807) is 34.1 Å². The Morgan fingerprint density at radius 2 is 1.69 bits per heavy atom. The van der Waals surface area contributed by atoms with Crippen molar-refractivity contribution in [1.82, 2.24) is 14.7 Å². The largest absolute Gasteiger partial charge is 0.465 e. The van der Waals surface area contributed by atoms with Crippen LogP contribution in [0.1, 0.15) is 50.5 Å². The molecule has 0 spiro atoms. The van der Waals surface area contributed by atoms with Crippen molar-refractivity contribution in [2.24, 2.45) is 0 Å². The predicted molar refractivity (Wildman–Crippen MR) is 119 cm³/mol. The van der Waals surface area contributed by atoms with Crippen LogP contribution in [0.2, 0.25) is 0 Å². The third-order valence-corrected chi connectivity index (χ3v) is 5.50. The number of piperazine rings is 1. The molecule has 1 aromatic rings. The van der Waals surface area contributed by atoms with Crippen molar-refractivity contribution in [1.29, 1.82) is 0 Å². The number of carbonyl (C=O) groups is 3. The summed E-state index contributed by atoms with van der Waals surface area (Å²) in [7, 11) is 1.34. The lowest BCUT2D eigenvalue weighted by Crippen LogP contribution is -2.54. The molecule has 2 fully saturated rings. The Morgan fingerprint density at radius 1 is 1.03 bits per heavy atom. The number of rotatable bonds is 2. The molecule has 3 amide bonds. The first-order valence-electron chi connectivity index (χ1n) is 10.7. The van der Waals surface area contributed by atoms with Crippen molar-refractivity contribution in [2.45, 2.75) is 51.8 Å². The molecule has 0 radical (unpaired) electrons. The topological polar surface area (TPSA) is 79.4 Å². The van der Waals surface area contributed by atoms with Gasteiger partial charge in [-0.2, -0.15) is 0 Å². The quantitative estimate of drug-likeness (QED) is 0.521. The lowest BCUT2D eigenvalue weighted by atomic mass is 10.0. The van der Waals surface area contributed by atoms with Gasteiger partial charge in [-0.15, -0.1) is 0 Å². The van der Waals surface area contributed by atoms with E-state index in [1.165, 1.54) is 7.11 Å². The van der Waals surface area contributed by atoms with E-state index in [1.807, 2.05) is 39.5 Å². The van der Waals surface area contributed by atoms with Crippen molar-refractivity contribution in [3.8, 4) is 11.8 Å². The van der Waals surface area contributed by atoms with Crippen molar-refractivity contribution in [3.05, 3.63) is 35.4 Å². The number of benzene rings is 1. The number of nitrogens with zero attached hydrogens (tertiary/aromatic N) is 3. The maximum Gasteiger partial charge on any atom is 0.410 e. The zero-order chi connectivity index (χ0) is 23.7. The molecule has 32 heavy (non-hydrogen) atoms. The van der Waals surface area contributed by atoms with Crippen LogP contribution in [-0.4, -0.2) is 83.3 Å². The van der Waals surface area contributed by atoms with Crippen LogP contribution in [0.15, 0.2) is 24.3 Å². The van der Waals surface area contributed by atoms with Gasteiger partial charge in [-0.05, 0) is 58.9 Å². The van der Waals surface area contributed by atoms with E-state index >= 15 is 0 Å². The van der Waals surface area contributed by atoms with Gasteiger partial charge in [0.2, 0.25) is 0 Å². The smallest absolute Gasteiger partial charge is 0.410 e. The highest BCUT2D eigenvalue weighted by atomic mass is 16.6. The normalized spacial score (nSPS) is 18.6. The van der Waals surface area contributed by atoms with Gasteiger partial charge < -0.3 is 24.2 Å². The Hall–Kier alpha value is -3.21. The highest BCUT2D eigenvalue weighted by Gasteiger charge is 2.46. The van der Waals surface area contributed by atoms with Crippen LogP contribution in [0.3, 0.4) is 0 Å². The molecule has 2 aliphatic rings. The summed E-state index contributed by atoms with van der Waals surface area (Å²) in [5, 5.41) is 0. The summed E-state index contributed by atoms with van der Waals surface area (Å²) in [5.41, 5.74) is -0.0606. The van der Waals surface area contributed by atoms with E-state index in [9.17, 15) is 14.4 Å². The first-order chi connectivity index (χ1) is 14.9. The summed E-state index contributed by atoms with van der Waals surface area (Å²) in [4.78, 5) is 42.3. The molecule has 8 heteroatoms. The number of amides is 3. The molecule has 172 valence electrons. The Balaban J connectivity index is 1.69. The molecule has 2 saturated heterocycles. The summed E-state index contributed by atoms with van der Waals surface area (Å²) < 4.78 is 10.2. The first kappa shape index (κ1) is 23.5. The van der Waals surface area contributed by atoms with Crippen molar-refractivity contribution >= 4 is 18.1 Å². The fourth-order valence-corrected chi connectivity index (χ4v) is 3.77. The molecular weight excluding hydrogens is 410 g/mol. The Kier molecular flexibility index (Phi) is 6.40. The number of ether oxygens (including phenoxy) is 2. The van der Waals surface area contributed by atoms with Crippen LogP contribution in [-0.2, 0) is 9.47 Å². The monoisotopic (exact) mass is 441 g/mol. The zero-order valence-electron chi connectivity index (χ0n) is 19.6. The van der Waals surface area contributed by atoms with E-state index in [2.05, 4.69) is 11.8 Å². The summed E-state index contributed by atoms with van der Waals surface area (Å²) >= 11 is 0. The maximum absolute atomic E-state index is 13.1. The minimum atomic E-state index is -0.702. The molecule has 0 saturated carbocycles. The van der Waals surface area contributed by atoms with Crippen LogP contribution >= 0.6 is 0 Å². The third kappa shape index (κ3) is 5.16. The molecule has 1 atom stereocenters. The number of methoxy groups -OCH3 is 1. The molecule has 0 bridgehead atoms. The van der Waals surface area contributed by atoms with Crippen LogP contribution in [0.4, 0.5) is 9.59 Å². The molecule has 2 heterocycles. The fourth-order valence-electron chi connectivity index (χ4n) is 3.77. The Labute approximate surface area is 189 Å². The molecule has 0 N–H and O–H groups in total. The molecule has 0 aliphatic carbocycles. The van der Waals surface area contributed by atoms with Gasteiger partial charge in [-0.3, -0.25) is 0 Å². The average molecular weight is 442 g/mol. The second kappa shape index (κ2) is 8.73. The van der Waals surface area contributed by atoms with E-state index in [4.69, 9.17) is 9.47 Å². The lowest BCUT2D eigenvalue weighted by molar-refractivity contribution is 0.0127. The summed E-state index contributed by atoms with van der Waals surface area (Å²) in [6.45, 7) is 11.2. The van der Waals surface area contributed by atoms with E-state index in [0.717, 1.165) is 5.56 Å². The highest BCUT2D eigenvalue weighted by molar-refractivity contribution is 5.89. The van der Waals surface area contributed by atoms with Crippen LogP contribution in [0, 0.1) is 11.8 Å². The summed E-state index contributed by atoms with van der Waals surface area (Å²) in [6, 6.07) is 6.67. The van der Waals surface area contributed by atoms with Gasteiger partial charge in [0.05, 0.1) is 18.7 Å². The van der Waals surface area contributed by atoms with Crippen LogP contribution in [0.25, 0.3) is 0 Å². The van der Waals surface area contributed by atoms with Gasteiger partial charge >= 0.3 is 18.1 Å². The number of esters is 1. The molecule has 8 nitrogen and oxygen atoms in total. The van der Waals surface area contributed by atoms with Crippen LogP contribution < -0.4 is 0 Å². The molecule has 0 unspecified atom stereocenters. The first-order valence-corrected chi connectivity index (χ1v) is 10.7. The summed E-state index contributed by atoms with van der Waals surface area (Å²) in [6.07, 6.45) is -0.350. The average Bonchev–Trinajstić information content (AvgIpc) is 3.08. The van der Waals surface area contributed by atoms with Crippen molar-refractivity contribution in [3.63, 3.8) is 0 Å². The number of carbonyl (C=O) groups excluding carboxylic acids is 3. The van der Waals surface area contributed by atoms with Gasteiger partial charge in [0.25, 0.3) is 0 Å². The van der Waals surface area contributed by atoms with Gasteiger partial charge in [0, 0.05) is 31.7 Å². The number of hydrogen-bond donors (Lipinski definition) is 0. The SMILES string of the molecule is COC(=O)c1ccc(C#CC(C)(C)N2C[C@@H]3CN(C(=O)OC(C)(C)C)CCN3C2=O)cc1. The Bertz CT molecular complexity index is 953. The van der Waals surface area contributed by atoms with Gasteiger partial charge in [-0.1, -0.05) is 11.8 Å². The van der Waals surface area contributed by atoms with Gasteiger partial charge in [0.1, 0.15) is 11.1 Å². The lowest BCUT2D eigenvalue weighted by Gasteiger charge is -2.37. The van der Waals surface area contributed by atoms with E-state index in [0.29, 0.717) is 31.7 Å². The highest BCUT2D eigenvalue weighted by Crippen LogP contribution is 2.28. The van der Waals surface area contributed by atoms with E-state index < -0.39 is 17.1 Å². The zero-order valence-corrected chi connectivity index (χ0v) is 19.6. The number of urea groups is 1. The van der Waals surface area contributed by atoms with Gasteiger partial charge in [-0.25, -0.2) is 14.4 Å². The van der Waals surface area contributed by atoms with Crippen molar-refractivity contribution < 1.29 is 23.9 Å². The second-order valence-electron chi connectivity index (χ2n) is 9.54. The Morgan fingerprint density at radius 3 is 2.28 bits per heavy atom. The molecule has 2 aliphatic heterocycles. The number of hydrogen-bond acceptors (Lipinski definition) is 5. The minimum Gasteiger partial charge on any atom is -0.465 e. The fraction of sp³-hybridized carbons (Fsp3) is 0.542. The molecule has 3 rings (SSSR count). The minimum absolute atomic E-state index is 0.0702. The van der Waals surface area contributed by atoms with E-state index in [-0.39, 0.29) is 18.2 Å². The predicted octanol–water partition coefficient (Wildman–Crippen LogP) is 2.96. The maximum atomic E-state index is 13.1. The molecular formula is C24H31N3O5. The standard InChI is InChI=1S/C24H31N3O5/c1-23(2,3)32-22(30)25-13-14-26-19(15-25)16-27(21(26)29)24(4,5)12-11-17-7-9-18(10-8-17)20(28)31-6/h7-10,19H,13-16H2,1-6H3/t19-/m0/s1. The van der Waals surface area contributed by atoms with Gasteiger partial charge in [0.15, 0.2) is 0 Å².